The molecular weight excluding hydrogens is 428 g/mol. The van der Waals surface area contributed by atoms with Gasteiger partial charge in [0.1, 0.15) is 23.6 Å². The number of nitrogens with zero attached hydrogens (tertiary/aromatic N) is 2. The Morgan fingerprint density at radius 2 is 2.00 bits per heavy atom. The van der Waals surface area contributed by atoms with Crippen LogP contribution in [0, 0.1) is 41.9 Å². The number of rotatable bonds is 9. The summed E-state index contributed by atoms with van der Waals surface area (Å²) in [4.78, 5) is 25.6. The molecule has 0 spiro atoms. The maximum atomic E-state index is 12.8. The van der Waals surface area contributed by atoms with E-state index in [1.807, 2.05) is 12.1 Å². The van der Waals surface area contributed by atoms with Crippen LogP contribution in [0.2, 0.25) is 0 Å². The predicted molar refractivity (Wildman–Crippen MR) is 119 cm³/mol. The number of methoxy groups -OCH3 is 1. The average molecular weight is 449 g/mol. The molecule has 2 rings (SSSR count). The number of ether oxygens (including phenoxy) is 3. The van der Waals surface area contributed by atoms with Gasteiger partial charge < -0.3 is 14.2 Å². The lowest BCUT2D eigenvalue weighted by molar-refractivity contribution is -0.114. The van der Waals surface area contributed by atoms with E-state index in [1.165, 1.54) is 13.2 Å². The number of hydrogen-bond acceptors (Lipinski definition) is 8. The second-order valence-electron chi connectivity index (χ2n) is 6.36. The van der Waals surface area contributed by atoms with Crippen molar-refractivity contribution in [2.75, 3.05) is 20.3 Å². The molecule has 32 heavy (non-hydrogen) atoms. The molecule has 0 saturated carbocycles. The molecule has 0 amide bonds. The molecule has 0 aliphatic rings. The van der Waals surface area contributed by atoms with E-state index < -0.39 is 11.8 Å². The van der Waals surface area contributed by atoms with Crippen LogP contribution in [-0.2, 0) is 16.0 Å². The van der Waals surface area contributed by atoms with E-state index in [2.05, 4.69) is 5.92 Å². The maximum absolute atomic E-state index is 12.8. The maximum Gasteiger partial charge on any atom is 0.348 e. The first-order chi connectivity index (χ1) is 15.4. The second-order valence-corrected chi connectivity index (χ2v) is 7.46. The van der Waals surface area contributed by atoms with E-state index in [4.69, 9.17) is 20.6 Å². The molecule has 2 aromatic rings. The predicted octanol–water partition coefficient (Wildman–Crippen LogP) is 3.84. The summed E-state index contributed by atoms with van der Waals surface area (Å²) in [5.41, 5.74) is 1.17. The van der Waals surface area contributed by atoms with Gasteiger partial charge in [0.15, 0.2) is 17.3 Å². The number of thiophene rings is 1. The normalized spacial score (nSPS) is 10.4. The van der Waals surface area contributed by atoms with Crippen molar-refractivity contribution in [3.8, 4) is 36.0 Å². The van der Waals surface area contributed by atoms with E-state index in [9.17, 15) is 20.1 Å². The molecule has 1 heterocycles. The van der Waals surface area contributed by atoms with Crippen LogP contribution in [0.15, 0.2) is 23.8 Å². The van der Waals surface area contributed by atoms with Crippen molar-refractivity contribution in [1.82, 2.24) is 0 Å². The fraction of sp³-hybridized carbons (Fsp3) is 0.250. The van der Waals surface area contributed by atoms with Crippen molar-refractivity contribution in [2.24, 2.45) is 0 Å². The zero-order valence-electron chi connectivity index (χ0n) is 17.9. The highest BCUT2D eigenvalue weighted by atomic mass is 32.1. The third kappa shape index (κ3) is 5.55. The highest BCUT2D eigenvalue weighted by molar-refractivity contribution is 7.14. The van der Waals surface area contributed by atoms with Crippen LogP contribution in [0.5, 0.6) is 11.5 Å². The Morgan fingerprint density at radius 3 is 2.59 bits per heavy atom. The first-order valence-electron chi connectivity index (χ1n) is 9.48. The summed E-state index contributed by atoms with van der Waals surface area (Å²) in [5, 5.41) is 19.0. The average Bonchev–Trinajstić information content (AvgIpc) is 3.11. The molecule has 0 N–H and O–H groups in total. The van der Waals surface area contributed by atoms with Crippen molar-refractivity contribution in [2.45, 2.75) is 20.3 Å². The van der Waals surface area contributed by atoms with Gasteiger partial charge in [0.2, 0.25) is 0 Å². The monoisotopic (exact) mass is 448 g/mol. The third-order valence-corrected chi connectivity index (χ3v) is 5.62. The summed E-state index contributed by atoms with van der Waals surface area (Å²) in [6.07, 6.45) is 6.44. The molecule has 0 radical (unpaired) electrons. The quantitative estimate of drug-likeness (QED) is 0.248. The van der Waals surface area contributed by atoms with E-state index in [-0.39, 0.29) is 35.6 Å². The van der Waals surface area contributed by atoms with Crippen molar-refractivity contribution >= 4 is 29.2 Å². The van der Waals surface area contributed by atoms with E-state index in [1.54, 1.807) is 32.0 Å². The van der Waals surface area contributed by atoms with Gasteiger partial charge in [-0.25, -0.2) is 4.79 Å². The molecule has 0 atom stereocenters. The van der Waals surface area contributed by atoms with Crippen molar-refractivity contribution in [3.63, 3.8) is 0 Å². The van der Waals surface area contributed by atoms with Crippen molar-refractivity contribution < 1.29 is 23.8 Å². The van der Waals surface area contributed by atoms with Crippen LogP contribution in [0.25, 0.3) is 6.08 Å². The Labute approximate surface area is 190 Å². The fourth-order valence-corrected chi connectivity index (χ4v) is 3.98. The Kier molecular flexibility index (Phi) is 8.60. The number of carbonyl (C=O) groups excluding carboxylic acids is 2. The number of esters is 1. The smallest absolute Gasteiger partial charge is 0.348 e. The Bertz CT molecular complexity index is 1190. The van der Waals surface area contributed by atoms with Crippen LogP contribution in [0.3, 0.4) is 0 Å². The molecule has 1 aromatic carbocycles. The molecule has 7 nitrogen and oxygen atoms in total. The molecule has 0 saturated heterocycles. The summed E-state index contributed by atoms with van der Waals surface area (Å²) < 4.78 is 15.7. The molecule has 0 unspecified atom stereocenters. The lowest BCUT2D eigenvalue weighted by Gasteiger charge is -2.09. The summed E-state index contributed by atoms with van der Waals surface area (Å²) in [6.45, 7) is 3.59. The summed E-state index contributed by atoms with van der Waals surface area (Å²) in [7, 11) is 1.46. The van der Waals surface area contributed by atoms with Gasteiger partial charge in [-0.3, -0.25) is 4.79 Å². The Morgan fingerprint density at radius 1 is 1.25 bits per heavy atom. The number of hydrogen-bond donors (Lipinski definition) is 0. The summed E-state index contributed by atoms with van der Waals surface area (Å²) in [6, 6.07) is 8.84. The molecule has 8 heteroatoms. The van der Waals surface area contributed by atoms with E-state index in [0.717, 1.165) is 11.3 Å². The van der Waals surface area contributed by atoms with Gasteiger partial charge in [-0.2, -0.15) is 10.5 Å². The number of nitriles is 2. The zero-order chi connectivity index (χ0) is 23.7. The number of Topliss-reactive ketones (excluding diaryl/α,β-unsaturated/α-hetero) is 1. The van der Waals surface area contributed by atoms with Crippen LogP contribution in [-0.4, -0.2) is 32.1 Å². The van der Waals surface area contributed by atoms with E-state index in [0.29, 0.717) is 27.5 Å². The lowest BCUT2D eigenvalue weighted by atomic mass is 10.0. The molecule has 0 bridgehead atoms. The summed E-state index contributed by atoms with van der Waals surface area (Å²) >= 11 is 1.03. The minimum atomic E-state index is -0.541. The molecule has 0 fully saturated rings. The topological polar surface area (TPSA) is 109 Å². The molecule has 1 aromatic heterocycles. The van der Waals surface area contributed by atoms with Crippen LogP contribution < -0.4 is 9.47 Å². The zero-order valence-corrected chi connectivity index (χ0v) is 18.7. The van der Waals surface area contributed by atoms with Gasteiger partial charge in [-0.15, -0.1) is 17.8 Å². The van der Waals surface area contributed by atoms with Gasteiger partial charge in [0, 0.05) is 11.3 Å². The minimum absolute atomic E-state index is 0.0721. The minimum Gasteiger partial charge on any atom is -0.493 e. The largest absolute Gasteiger partial charge is 0.493 e. The van der Waals surface area contributed by atoms with Crippen molar-refractivity contribution in [3.05, 3.63) is 50.2 Å². The molecular formula is C24H20N2O5S. The van der Waals surface area contributed by atoms with Gasteiger partial charge in [0.05, 0.1) is 24.9 Å². The van der Waals surface area contributed by atoms with Crippen molar-refractivity contribution in [1.29, 1.82) is 10.5 Å². The lowest BCUT2D eigenvalue weighted by Crippen LogP contribution is -2.05. The first-order valence-corrected chi connectivity index (χ1v) is 10.3. The third-order valence-electron chi connectivity index (χ3n) is 4.34. The second kappa shape index (κ2) is 11.4. The van der Waals surface area contributed by atoms with Gasteiger partial charge in [-0.1, -0.05) is 12.0 Å². The first kappa shape index (κ1) is 24.2. The van der Waals surface area contributed by atoms with Crippen LogP contribution in [0.1, 0.15) is 38.2 Å². The Hall–Kier alpha value is -4.06. The van der Waals surface area contributed by atoms with Gasteiger partial charge >= 0.3 is 5.97 Å². The fourth-order valence-electron chi connectivity index (χ4n) is 2.83. The SMILES string of the molecule is C#CCOc1ccc(/C=C(\C#N)C(=O)Cc2sc(C(=O)OCC)c(C)c2C#N)cc1OC. The van der Waals surface area contributed by atoms with Gasteiger partial charge in [0.25, 0.3) is 0 Å². The highest BCUT2D eigenvalue weighted by Gasteiger charge is 2.23. The molecule has 162 valence electrons. The molecule has 0 aliphatic carbocycles. The van der Waals surface area contributed by atoms with E-state index >= 15 is 0 Å². The van der Waals surface area contributed by atoms with Crippen LogP contribution in [0.4, 0.5) is 0 Å². The number of terminal acetylenes is 1. The standard InChI is InChI=1S/C24H20N2O5S/c1-5-9-31-20-8-7-16(11-21(20)29-4)10-17(13-25)19(27)12-22-18(14-26)15(3)23(32-22)24(28)30-6-2/h1,7-8,10-11H,6,9,12H2,2-4H3/b17-10+. The molecule has 0 aliphatic heterocycles. The summed E-state index contributed by atoms with van der Waals surface area (Å²) in [5.74, 6) is 2.18. The number of carbonyl (C=O) groups is 2. The Balaban J connectivity index is 2.33. The number of benzene rings is 1. The van der Waals surface area contributed by atoms with Gasteiger partial charge in [-0.05, 0) is 43.2 Å². The van der Waals surface area contributed by atoms with Crippen LogP contribution >= 0.6 is 11.3 Å². The highest BCUT2D eigenvalue weighted by Crippen LogP contribution is 2.31. The number of ketones is 1. The number of allylic oxidation sites excluding steroid dienone is 1.